The van der Waals surface area contributed by atoms with Crippen LogP contribution < -0.4 is 11.2 Å². The van der Waals surface area contributed by atoms with Gasteiger partial charge in [-0.25, -0.2) is 10.5 Å². The fraction of sp³-hybridized carbons (Fsp3) is 0.667. The highest BCUT2D eigenvalue weighted by Gasteiger charge is 2.52. The molecule has 1 saturated heterocycles. The van der Waals surface area contributed by atoms with Gasteiger partial charge in [-0.3, -0.25) is 24.4 Å². The van der Waals surface area contributed by atoms with Crippen LogP contribution in [0.3, 0.4) is 0 Å². The number of ether oxygens (including phenoxy) is 5. The highest BCUT2D eigenvalue weighted by Crippen LogP contribution is 2.29. The monoisotopic (exact) mass is 405 g/mol. The predicted molar refractivity (Wildman–Crippen MR) is 88.5 cm³/mol. The molecule has 0 aromatic carbocycles. The maximum absolute atomic E-state index is 11.6. The normalized spacial score (nSPS) is 27.3. The Morgan fingerprint density at radius 2 is 1.43 bits per heavy atom. The van der Waals surface area contributed by atoms with E-state index in [1.807, 2.05) is 0 Å². The lowest BCUT2D eigenvalue weighted by molar-refractivity contribution is -0.251. The Morgan fingerprint density at radius 1 is 0.929 bits per heavy atom. The molecule has 0 radical (unpaired) electrons. The van der Waals surface area contributed by atoms with Gasteiger partial charge in [0, 0.05) is 27.7 Å². The van der Waals surface area contributed by atoms with Crippen molar-refractivity contribution in [1.29, 1.82) is 0 Å². The number of nitrogens with zero attached hydrogens (tertiary/aromatic N) is 1. The lowest BCUT2D eigenvalue weighted by atomic mass is 9.97. The van der Waals surface area contributed by atoms with Crippen LogP contribution in [0.1, 0.15) is 27.7 Å². The SMILES string of the molecule is CC(=O)OC[C@H]1O[C@@H](/N=C(/N)NO)[C@H](OC(C)=O)[C@@H](OC(C)=O)[C@@H]1OC(C)=O. The first-order valence-electron chi connectivity index (χ1n) is 8.09. The van der Waals surface area contributed by atoms with Crippen LogP contribution in [0.25, 0.3) is 0 Å². The zero-order chi connectivity index (χ0) is 21.4. The van der Waals surface area contributed by atoms with Crippen molar-refractivity contribution in [2.24, 2.45) is 10.7 Å². The minimum atomic E-state index is -1.39. The van der Waals surface area contributed by atoms with E-state index >= 15 is 0 Å². The molecule has 0 aliphatic carbocycles. The van der Waals surface area contributed by atoms with Gasteiger partial charge in [-0.2, -0.15) is 0 Å². The second-order valence-electron chi connectivity index (χ2n) is 5.72. The van der Waals surface area contributed by atoms with Gasteiger partial charge in [-0.15, -0.1) is 0 Å². The van der Waals surface area contributed by atoms with E-state index in [9.17, 15) is 19.2 Å². The van der Waals surface area contributed by atoms with Crippen LogP contribution in [0.2, 0.25) is 0 Å². The molecule has 1 aliphatic rings. The molecule has 1 rings (SSSR count). The number of carbonyl (C=O) groups is 4. The van der Waals surface area contributed by atoms with E-state index in [4.69, 9.17) is 34.6 Å². The molecule has 28 heavy (non-hydrogen) atoms. The third kappa shape index (κ3) is 7.00. The van der Waals surface area contributed by atoms with E-state index < -0.39 is 67.1 Å². The number of carbonyl (C=O) groups excluding carboxylic acids is 4. The zero-order valence-electron chi connectivity index (χ0n) is 15.7. The summed E-state index contributed by atoms with van der Waals surface area (Å²) in [6.07, 6.45) is -6.57. The van der Waals surface area contributed by atoms with Crippen LogP contribution in [-0.2, 0) is 42.9 Å². The zero-order valence-corrected chi connectivity index (χ0v) is 15.7. The molecule has 13 nitrogen and oxygen atoms in total. The third-order valence-corrected chi connectivity index (χ3v) is 3.35. The minimum absolute atomic E-state index is 0.393. The summed E-state index contributed by atoms with van der Waals surface area (Å²) < 4.78 is 26.0. The van der Waals surface area contributed by atoms with Crippen molar-refractivity contribution < 1.29 is 48.1 Å². The molecule has 1 heterocycles. The van der Waals surface area contributed by atoms with Gasteiger partial charge in [-0.05, 0) is 0 Å². The maximum atomic E-state index is 11.6. The van der Waals surface area contributed by atoms with Gasteiger partial charge in [-0.1, -0.05) is 0 Å². The molecule has 13 heteroatoms. The van der Waals surface area contributed by atoms with Crippen molar-refractivity contribution in [3.63, 3.8) is 0 Å². The molecule has 0 spiro atoms. The number of hydroxylamine groups is 1. The number of aliphatic imine (C=N–C) groups is 1. The summed E-state index contributed by atoms with van der Waals surface area (Å²) in [5.74, 6) is -3.45. The van der Waals surface area contributed by atoms with E-state index in [0.717, 1.165) is 27.7 Å². The molecule has 0 saturated carbocycles. The summed E-state index contributed by atoms with van der Waals surface area (Å²) >= 11 is 0. The van der Waals surface area contributed by atoms with Crippen molar-refractivity contribution in [2.75, 3.05) is 6.61 Å². The number of esters is 4. The first-order valence-corrected chi connectivity index (χ1v) is 8.09. The molecule has 0 bridgehead atoms. The Labute approximate surface area is 160 Å². The molecule has 158 valence electrons. The fourth-order valence-electron chi connectivity index (χ4n) is 2.48. The smallest absolute Gasteiger partial charge is 0.303 e. The van der Waals surface area contributed by atoms with Crippen molar-refractivity contribution in [1.82, 2.24) is 5.48 Å². The number of hydrogen-bond donors (Lipinski definition) is 3. The molecule has 0 aromatic rings. The molecule has 1 aliphatic heterocycles. The summed E-state index contributed by atoms with van der Waals surface area (Å²) in [5, 5.41) is 8.86. The van der Waals surface area contributed by atoms with E-state index in [1.54, 1.807) is 5.48 Å². The largest absolute Gasteiger partial charge is 0.463 e. The Bertz CT molecular complexity index is 638. The molecule has 0 aromatic heterocycles. The van der Waals surface area contributed by atoms with E-state index in [-0.39, 0.29) is 0 Å². The average Bonchev–Trinajstić information content (AvgIpc) is 2.57. The summed E-state index contributed by atoms with van der Waals surface area (Å²) in [5.41, 5.74) is 7.00. The molecule has 0 unspecified atom stereocenters. The van der Waals surface area contributed by atoms with Crippen LogP contribution in [-0.4, -0.2) is 72.3 Å². The van der Waals surface area contributed by atoms with E-state index in [1.165, 1.54) is 0 Å². The van der Waals surface area contributed by atoms with Crippen molar-refractivity contribution >= 4 is 29.8 Å². The fourth-order valence-corrected chi connectivity index (χ4v) is 2.48. The topological polar surface area (TPSA) is 185 Å². The summed E-state index contributed by atoms with van der Waals surface area (Å²) in [6, 6.07) is 0. The standard InChI is InChI=1S/C15H23N3O10/c1-6(19)24-5-10-11(25-7(2)20)12(26-8(3)21)13(27-9(4)22)14(28-10)17-15(16)18-23/h10-14,23H,5H2,1-4H3,(H3,16,17,18)/t10-,11-,12+,13-,14-/m1/s1. The van der Waals surface area contributed by atoms with Gasteiger partial charge in [0.25, 0.3) is 0 Å². The number of nitrogens with one attached hydrogen (secondary N) is 1. The van der Waals surface area contributed by atoms with E-state index in [2.05, 4.69) is 4.99 Å². The lowest BCUT2D eigenvalue weighted by Gasteiger charge is -2.43. The average molecular weight is 405 g/mol. The Hall–Kier alpha value is -2.93. The first kappa shape index (κ1) is 23.1. The molecule has 0 amide bonds. The quantitative estimate of drug-likeness (QED) is 0.151. The van der Waals surface area contributed by atoms with Gasteiger partial charge >= 0.3 is 23.9 Å². The van der Waals surface area contributed by atoms with Gasteiger partial charge < -0.3 is 29.4 Å². The first-order chi connectivity index (χ1) is 13.0. The minimum Gasteiger partial charge on any atom is -0.463 e. The summed E-state index contributed by atoms with van der Waals surface area (Å²) in [6.45, 7) is 4.04. The molecular weight excluding hydrogens is 382 g/mol. The van der Waals surface area contributed by atoms with Crippen molar-refractivity contribution in [2.45, 2.75) is 58.3 Å². The van der Waals surface area contributed by atoms with Crippen molar-refractivity contribution in [3.8, 4) is 0 Å². The Morgan fingerprint density at radius 3 is 1.89 bits per heavy atom. The Balaban J connectivity index is 3.37. The molecule has 1 fully saturated rings. The maximum Gasteiger partial charge on any atom is 0.303 e. The van der Waals surface area contributed by atoms with Crippen LogP contribution in [0.5, 0.6) is 0 Å². The van der Waals surface area contributed by atoms with Crippen LogP contribution in [0.15, 0.2) is 4.99 Å². The molecule has 4 N–H and O–H groups in total. The molecular formula is C15H23N3O10. The highest BCUT2D eigenvalue weighted by molar-refractivity contribution is 5.76. The number of nitrogens with two attached hydrogens (primary N) is 1. The highest BCUT2D eigenvalue weighted by atomic mass is 16.7. The summed E-state index contributed by atoms with van der Waals surface area (Å²) in [4.78, 5) is 49.6. The van der Waals surface area contributed by atoms with Gasteiger partial charge in [0.1, 0.15) is 12.7 Å². The lowest BCUT2D eigenvalue weighted by Crippen LogP contribution is -2.62. The predicted octanol–water partition coefficient (Wildman–Crippen LogP) is -1.64. The molecule has 5 atom stereocenters. The Kier molecular flexibility index (Phi) is 8.60. The number of guanidine groups is 1. The second kappa shape index (κ2) is 10.4. The van der Waals surface area contributed by atoms with Gasteiger partial charge in [0.05, 0.1) is 0 Å². The van der Waals surface area contributed by atoms with Crippen LogP contribution in [0.4, 0.5) is 0 Å². The van der Waals surface area contributed by atoms with Crippen molar-refractivity contribution in [3.05, 3.63) is 0 Å². The van der Waals surface area contributed by atoms with E-state index in [0.29, 0.717) is 0 Å². The number of rotatable bonds is 6. The number of hydrogen-bond acceptors (Lipinski definition) is 11. The van der Waals surface area contributed by atoms with Gasteiger partial charge in [0.2, 0.25) is 5.96 Å². The van der Waals surface area contributed by atoms with Crippen LogP contribution >= 0.6 is 0 Å². The van der Waals surface area contributed by atoms with Gasteiger partial charge in [0.15, 0.2) is 24.5 Å². The third-order valence-electron chi connectivity index (χ3n) is 3.35. The summed E-state index contributed by atoms with van der Waals surface area (Å²) in [7, 11) is 0. The van der Waals surface area contributed by atoms with Crippen LogP contribution in [0, 0.1) is 0 Å². The second-order valence-corrected chi connectivity index (χ2v) is 5.72.